The molecule has 1 aliphatic rings. The number of pyridine rings is 1. The van der Waals surface area contributed by atoms with E-state index < -0.39 is 0 Å². The molecule has 1 aliphatic carbocycles. The van der Waals surface area contributed by atoms with Crippen molar-refractivity contribution in [3.05, 3.63) is 24.0 Å². The number of nitrogens with one attached hydrogen (secondary N) is 1. The Labute approximate surface area is 116 Å². The van der Waals surface area contributed by atoms with Crippen LogP contribution in [0.4, 0.5) is 5.69 Å². The molecule has 1 aromatic heterocycles. The van der Waals surface area contributed by atoms with Gasteiger partial charge in [0.1, 0.15) is 0 Å². The molecule has 0 spiro atoms. The van der Waals surface area contributed by atoms with Gasteiger partial charge in [0.05, 0.1) is 5.69 Å². The van der Waals surface area contributed by atoms with E-state index in [-0.39, 0.29) is 0 Å². The Morgan fingerprint density at radius 1 is 1.32 bits per heavy atom. The molecule has 1 N–H and O–H groups in total. The number of rotatable bonds is 6. The molecule has 0 atom stereocenters. The van der Waals surface area contributed by atoms with E-state index in [1.54, 1.807) is 0 Å². The lowest BCUT2D eigenvalue weighted by molar-refractivity contribution is 0.0683. The minimum Gasteiger partial charge on any atom is -0.373 e. The molecule has 0 radical (unpaired) electrons. The van der Waals surface area contributed by atoms with Crippen LogP contribution in [0.1, 0.15) is 25.0 Å². The van der Waals surface area contributed by atoms with Crippen molar-refractivity contribution in [3.63, 3.8) is 0 Å². The summed E-state index contributed by atoms with van der Waals surface area (Å²) in [5.41, 5.74) is 2.72. The second-order valence-corrected chi connectivity index (χ2v) is 5.86. The van der Waals surface area contributed by atoms with Crippen LogP contribution in [0, 0.1) is 0 Å². The van der Waals surface area contributed by atoms with Gasteiger partial charge < -0.3 is 15.1 Å². The largest absolute Gasteiger partial charge is 0.373 e. The lowest BCUT2D eigenvalue weighted by Crippen LogP contribution is -2.56. The standard InChI is InChI=1S/C15H26N4/c1-16-11-13-10-14(6-9-17-13)19(4)12-15(18(2)3)7-5-8-15/h6,9-10,16H,5,7-8,11-12H2,1-4H3. The van der Waals surface area contributed by atoms with E-state index in [0.717, 1.165) is 18.8 Å². The number of hydrogen-bond acceptors (Lipinski definition) is 4. The predicted molar refractivity (Wildman–Crippen MR) is 80.5 cm³/mol. The fraction of sp³-hybridized carbons (Fsp3) is 0.667. The highest BCUT2D eigenvalue weighted by Gasteiger charge is 2.39. The summed E-state index contributed by atoms with van der Waals surface area (Å²) in [5, 5.41) is 3.15. The second kappa shape index (κ2) is 5.88. The second-order valence-electron chi connectivity index (χ2n) is 5.86. The normalized spacial score (nSPS) is 17.3. The van der Waals surface area contributed by atoms with Crippen LogP contribution < -0.4 is 10.2 Å². The number of hydrogen-bond donors (Lipinski definition) is 1. The molecule has 0 aromatic carbocycles. The fourth-order valence-corrected chi connectivity index (χ4v) is 2.85. The van der Waals surface area contributed by atoms with E-state index >= 15 is 0 Å². The number of aromatic nitrogens is 1. The molecule has 0 aliphatic heterocycles. The first kappa shape index (κ1) is 14.3. The molecule has 1 heterocycles. The highest BCUT2D eigenvalue weighted by atomic mass is 15.2. The van der Waals surface area contributed by atoms with Crippen LogP contribution in [-0.4, -0.2) is 50.2 Å². The number of nitrogens with zero attached hydrogens (tertiary/aromatic N) is 3. The third-order valence-corrected chi connectivity index (χ3v) is 4.36. The van der Waals surface area contributed by atoms with Crippen LogP contribution in [0.15, 0.2) is 18.3 Å². The van der Waals surface area contributed by atoms with Crippen molar-refractivity contribution in [1.82, 2.24) is 15.2 Å². The summed E-state index contributed by atoms with van der Waals surface area (Å²) < 4.78 is 0. The van der Waals surface area contributed by atoms with Gasteiger partial charge in [-0.05, 0) is 52.5 Å². The van der Waals surface area contributed by atoms with Gasteiger partial charge in [-0.2, -0.15) is 0 Å². The van der Waals surface area contributed by atoms with E-state index in [1.807, 2.05) is 13.2 Å². The number of likely N-dealkylation sites (N-methyl/N-ethyl adjacent to an activating group) is 2. The average Bonchev–Trinajstić information content (AvgIpc) is 2.34. The van der Waals surface area contributed by atoms with Crippen LogP contribution >= 0.6 is 0 Å². The summed E-state index contributed by atoms with van der Waals surface area (Å²) in [7, 11) is 8.54. The lowest BCUT2D eigenvalue weighted by Gasteiger charge is -2.49. The monoisotopic (exact) mass is 262 g/mol. The third-order valence-electron chi connectivity index (χ3n) is 4.36. The molecule has 0 saturated heterocycles. The van der Waals surface area contributed by atoms with Crippen LogP contribution in [0.2, 0.25) is 0 Å². The van der Waals surface area contributed by atoms with Crippen molar-refractivity contribution in [2.45, 2.75) is 31.3 Å². The van der Waals surface area contributed by atoms with Gasteiger partial charge in [-0.25, -0.2) is 0 Å². The molecule has 1 saturated carbocycles. The van der Waals surface area contributed by atoms with E-state index in [9.17, 15) is 0 Å². The summed E-state index contributed by atoms with van der Waals surface area (Å²) in [4.78, 5) is 9.13. The highest BCUT2D eigenvalue weighted by molar-refractivity contribution is 5.46. The molecule has 4 nitrogen and oxygen atoms in total. The Balaban J connectivity index is 2.06. The zero-order valence-electron chi connectivity index (χ0n) is 12.6. The van der Waals surface area contributed by atoms with Crippen molar-refractivity contribution in [2.75, 3.05) is 39.6 Å². The molecule has 19 heavy (non-hydrogen) atoms. The summed E-state index contributed by atoms with van der Waals surface area (Å²) in [5.74, 6) is 0. The van der Waals surface area contributed by atoms with Gasteiger partial charge in [0, 0.05) is 37.6 Å². The Bertz CT molecular complexity index is 412. The topological polar surface area (TPSA) is 31.4 Å². The molecule has 0 unspecified atom stereocenters. The number of anilines is 1. The fourth-order valence-electron chi connectivity index (χ4n) is 2.85. The zero-order chi connectivity index (χ0) is 13.9. The molecule has 4 heteroatoms. The van der Waals surface area contributed by atoms with Gasteiger partial charge in [-0.15, -0.1) is 0 Å². The van der Waals surface area contributed by atoms with Gasteiger partial charge in [0.2, 0.25) is 0 Å². The SMILES string of the molecule is CNCc1cc(N(C)CC2(N(C)C)CCC2)ccn1. The summed E-state index contributed by atoms with van der Waals surface area (Å²) in [6.45, 7) is 1.91. The summed E-state index contributed by atoms with van der Waals surface area (Å²) >= 11 is 0. The quantitative estimate of drug-likeness (QED) is 0.846. The Morgan fingerprint density at radius 2 is 2.05 bits per heavy atom. The maximum Gasteiger partial charge on any atom is 0.0562 e. The van der Waals surface area contributed by atoms with Crippen LogP contribution in [0.25, 0.3) is 0 Å². The van der Waals surface area contributed by atoms with E-state index in [2.05, 4.69) is 53.4 Å². The Kier molecular flexibility index (Phi) is 4.42. The van der Waals surface area contributed by atoms with Gasteiger partial charge in [-0.1, -0.05) is 0 Å². The maximum absolute atomic E-state index is 4.38. The van der Waals surface area contributed by atoms with Gasteiger partial charge in [0.25, 0.3) is 0 Å². The van der Waals surface area contributed by atoms with Crippen LogP contribution in [-0.2, 0) is 6.54 Å². The van der Waals surface area contributed by atoms with E-state index in [4.69, 9.17) is 0 Å². The highest BCUT2D eigenvalue weighted by Crippen LogP contribution is 2.37. The minimum atomic E-state index is 0.362. The van der Waals surface area contributed by atoms with Crippen LogP contribution in [0.3, 0.4) is 0 Å². The first-order chi connectivity index (χ1) is 9.07. The average molecular weight is 262 g/mol. The Hall–Kier alpha value is -1.13. The van der Waals surface area contributed by atoms with Gasteiger partial charge in [0.15, 0.2) is 0 Å². The summed E-state index contributed by atoms with van der Waals surface area (Å²) in [6.07, 6.45) is 5.87. The van der Waals surface area contributed by atoms with Gasteiger partial charge in [-0.3, -0.25) is 4.98 Å². The van der Waals surface area contributed by atoms with Crippen LogP contribution in [0.5, 0.6) is 0 Å². The summed E-state index contributed by atoms with van der Waals surface area (Å²) in [6, 6.07) is 4.28. The van der Waals surface area contributed by atoms with E-state index in [0.29, 0.717) is 5.54 Å². The predicted octanol–water partition coefficient (Wildman–Crippen LogP) is 1.72. The van der Waals surface area contributed by atoms with Crippen molar-refractivity contribution in [2.24, 2.45) is 0 Å². The molecule has 106 valence electrons. The molecule has 2 rings (SSSR count). The van der Waals surface area contributed by atoms with Crippen molar-refractivity contribution >= 4 is 5.69 Å². The first-order valence-corrected chi connectivity index (χ1v) is 7.05. The maximum atomic E-state index is 4.38. The third kappa shape index (κ3) is 3.07. The molecular weight excluding hydrogens is 236 g/mol. The molecule has 1 aromatic rings. The molecular formula is C15H26N4. The first-order valence-electron chi connectivity index (χ1n) is 7.05. The van der Waals surface area contributed by atoms with Crippen molar-refractivity contribution in [1.29, 1.82) is 0 Å². The van der Waals surface area contributed by atoms with E-state index in [1.165, 1.54) is 24.9 Å². The molecule has 0 bridgehead atoms. The van der Waals surface area contributed by atoms with Crippen molar-refractivity contribution < 1.29 is 0 Å². The zero-order valence-corrected chi connectivity index (χ0v) is 12.6. The lowest BCUT2D eigenvalue weighted by atomic mass is 9.75. The smallest absolute Gasteiger partial charge is 0.0562 e. The minimum absolute atomic E-state index is 0.362. The molecule has 0 amide bonds. The van der Waals surface area contributed by atoms with Gasteiger partial charge >= 0.3 is 0 Å². The molecule has 1 fully saturated rings. The van der Waals surface area contributed by atoms with Crippen molar-refractivity contribution in [3.8, 4) is 0 Å². The Morgan fingerprint density at radius 3 is 2.58 bits per heavy atom.